The van der Waals surface area contributed by atoms with E-state index in [0.29, 0.717) is 18.7 Å². The minimum atomic E-state index is -3.82. The summed E-state index contributed by atoms with van der Waals surface area (Å²) in [6.07, 6.45) is 2.96. The molecule has 0 spiro atoms. The molecule has 8 heteroatoms. The van der Waals surface area contributed by atoms with Crippen molar-refractivity contribution in [3.63, 3.8) is 0 Å². The summed E-state index contributed by atoms with van der Waals surface area (Å²) >= 11 is 1.45. The van der Waals surface area contributed by atoms with Crippen molar-refractivity contribution in [2.75, 3.05) is 12.1 Å². The summed E-state index contributed by atoms with van der Waals surface area (Å²) in [6.45, 7) is 1.78. The van der Waals surface area contributed by atoms with Crippen LogP contribution in [0.1, 0.15) is 19.8 Å². The van der Waals surface area contributed by atoms with E-state index in [0.717, 1.165) is 12.1 Å². The topological polar surface area (TPSA) is 66.5 Å². The fourth-order valence-electron chi connectivity index (χ4n) is 2.60. The molecule has 0 bridgehead atoms. The molecule has 0 unspecified atom stereocenters. The number of nitrogens with one attached hydrogen (secondary N) is 1. The average molecular weight is 346 g/mol. The predicted octanol–water partition coefficient (Wildman–Crippen LogP) is 1.80. The molecule has 0 aliphatic carbocycles. The third-order valence-electron chi connectivity index (χ3n) is 3.68. The summed E-state index contributed by atoms with van der Waals surface area (Å²) < 4.78 is 39.8. The second-order valence-electron chi connectivity index (χ2n) is 5.21. The Morgan fingerprint density at radius 3 is 2.59 bits per heavy atom. The molecule has 1 saturated heterocycles. The van der Waals surface area contributed by atoms with Crippen LogP contribution in [0.15, 0.2) is 29.2 Å². The van der Waals surface area contributed by atoms with Gasteiger partial charge in [0, 0.05) is 6.04 Å². The maximum Gasteiger partial charge on any atom is 0.244 e. The first-order valence-electron chi connectivity index (χ1n) is 6.93. The first-order valence-corrected chi connectivity index (χ1v) is 9.77. The Morgan fingerprint density at radius 2 is 2.00 bits per heavy atom. The van der Waals surface area contributed by atoms with Crippen LogP contribution in [-0.4, -0.2) is 42.8 Å². The van der Waals surface area contributed by atoms with Crippen LogP contribution >= 0.6 is 11.8 Å². The van der Waals surface area contributed by atoms with Crippen molar-refractivity contribution in [3.8, 4) is 0 Å². The van der Waals surface area contributed by atoms with Gasteiger partial charge in [0.15, 0.2) is 0 Å². The van der Waals surface area contributed by atoms with Crippen LogP contribution in [0.3, 0.4) is 0 Å². The lowest BCUT2D eigenvalue weighted by Crippen LogP contribution is -2.48. The Balaban J connectivity index is 2.30. The number of sulfonamides is 1. The first kappa shape index (κ1) is 17.2. The summed E-state index contributed by atoms with van der Waals surface area (Å²) in [6, 6.07) is 3.70. The van der Waals surface area contributed by atoms with Gasteiger partial charge in [-0.05, 0) is 50.3 Å². The van der Waals surface area contributed by atoms with Crippen molar-refractivity contribution in [1.82, 2.24) is 9.62 Å². The van der Waals surface area contributed by atoms with Crippen molar-refractivity contribution < 1.29 is 17.6 Å². The highest BCUT2D eigenvalue weighted by atomic mass is 32.2. The quantitative estimate of drug-likeness (QED) is 0.826. The van der Waals surface area contributed by atoms with E-state index in [-0.39, 0.29) is 16.8 Å². The molecule has 1 aliphatic heterocycles. The molecule has 1 aromatic carbocycles. The minimum Gasteiger partial charge on any atom is -0.346 e. The van der Waals surface area contributed by atoms with Gasteiger partial charge in [0.25, 0.3) is 0 Å². The van der Waals surface area contributed by atoms with Crippen LogP contribution in [0.5, 0.6) is 0 Å². The van der Waals surface area contributed by atoms with Crippen LogP contribution in [0, 0.1) is 5.82 Å². The second kappa shape index (κ2) is 6.97. The SMILES string of the molecule is CSCNC(=O)[C@@H]1CC[C@H](C)N1S(=O)(=O)c1ccc(F)cc1. The monoisotopic (exact) mass is 346 g/mol. The lowest BCUT2D eigenvalue weighted by atomic mass is 10.2. The van der Waals surface area contributed by atoms with E-state index < -0.39 is 21.9 Å². The van der Waals surface area contributed by atoms with Gasteiger partial charge in [-0.25, -0.2) is 12.8 Å². The number of hydrogen-bond acceptors (Lipinski definition) is 4. The highest BCUT2D eigenvalue weighted by Crippen LogP contribution is 2.31. The van der Waals surface area contributed by atoms with E-state index in [1.54, 1.807) is 6.92 Å². The van der Waals surface area contributed by atoms with E-state index in [1.165, 1.54) is 28.2 Å². The summed E-state index contributed by atoms with van der Waals surface area (Å²) in [7, 11) is -3.82. The Kier molecular flexibility index (Phi) is 5.46. The van der Waals surface area contributed by atoms with E-state index >= 15 is 0 Å². The van der Waals surface area contributed by atoms with Crippen molar-refractivity contribution in [2.24, 2.45) is 0 Å². The smallest absolute Gasteiger partial charge is 0.244 e. The molecule has 0 aromatic heterocycles. The fraction of sp³-hybridized carbons (Fsp3) is 0.500. The normalized spacial score (nSPS) is 22.7. The molecule has 122 valence electrons. The average Bonchev–Trinajstić information content (AvgIpc) is 2.88. The van der Waals surface area contributed by atoms with Gasteiger partial charge in [-0.3, -0.25) is 4.79 Å². The van der Waals surface area contributed by atoms with E-state index in [9.17, 15) is 17.6 Å². The number of carbonyl (C=O) groups excluding carboxylic acids is 1. The van der Waals surface area contributed by atoms with Gasteiger partial charge >= 0.3 is 0 Å². The predicted molar refractivity (Wildman–Crippen MR) is 84.4 cm³/mol. The van der Waals surface area contributed by atoms with Crippen LogP contribution in [-0.2, 0) is 14.8 Å². The molecule has 5 nitrogen and oxygen atoms in total. The fourth-order valence-corrected chi connectivity index (χ4v) is 4.73. The van der Waals surface area contributed by atoms with Crippen LogP contribution < -0.4 is 5.32 Å². The summed E-state index contributed by atoms with van der Waals surface area (Å²) in [5.74, 6) is -0.346. The van der Waals surface area contributed by atoms with Gasteiger partial charge < -0.3 is 5.32 Å². The highest BCUT2D eigenvalue weighted by molar-refractivity contribution is 7.98. The molecule has 1 N–H and O–H groups in total. The number of hydrogen-bond donors (Lipinski definition) is 1. The second-order valence-corrected chi connectivity index (χ2v) is 7.91. The molecule has 1 aromatic rings. The van der Waals surface area contributed by atoms with Crippen LogP contribution in [0.25, 0.3) is 0 Å². The number of amides is 1. The van der Waals surface area contributed by atoms with Gasteiger partial charge in [-0.2, -0.15) is 4.31 Å². The summed E-state index contributed by atoms with van der Waals surface area (Å²) in [4.78, 5) is 12.2. The number of carbonyl (C=O) groups is 1. The zero-order chi connectivity index (χ0) is 16.3. The molecule has 1 amide bonds. The van der Waals surface area contributed by atoms with Crippen molar-refractivity contribution in [3.05, 3.63) is 30.1 Å². The molecule has 1 heterocycles. The van der Waals surface area contributed by atoms with Crippen molar-refractivity contribution in [2.45, 2.75) is 36.7 Å². The molecule has 0 saturated carbocycles. The van der Waals surface area contributed by atoms with Gasteiger partial charge in [0.2, 0.25) is 15.9 Å². The third kappa shape index (κ3) is 3.44. The largest absolute Gasteiger partial charge is 0.346 e. The maximum absolute atomic E-state index is 13.0. The summed E-state index contributed by atoms with van der Waals surface area (Å²) in [5.41, 5.74) is 0. The van der Waals surface area contributed by atoms with Gasteiger partial charge in [0.1, 0.15) is 11.9 Å². The standard InChI is InChI=1S/C14H19FN2O3S2/c1-10-3-8-13(14(18)16-9-21-2)17(10)22(19,20)12-6-4-11(15)5-7-12/h4-7,10,13H,3,8-9H2,1-2H3,(H,16,18)/t10-,13-/m0/s1. The molecule has 1 aliphatic rings. The highest BCUT2D eigenvalue weighted by Gasteiger charge is 2.43. The lowest BCUT2D eigenvalue weighted by molar-refractivity contribution is -0.124. The zero-order valence-corrected chi connectivity index (χ0v) is 14.1. The molecule has 22 heavy (non-hydrogen) atoms. The van der Waals surface area contributed by atoms with E-state index in [4.69, 9.17) is 0 Å². The lowest BCUT2D eigenvalue weighted by Gasteiger charge is -2.26. The Hall–Kier alpha value is -1.12. The minimum absolute atomic E-state index is 0.00492. The number of thioether (sulfide) groups is 1. The zero-order valence-electron chi connectivity index (χ0n) is 12.5. The number of rotatable bonds is 5. The Labute approximate surface area is 134 Å². The van der Waals surface area contributed by atoms with Crippen molar-refractivity contribution >= 4 is 27.7 Å². The number of benzene rings is 1. The first-order chi connectivity index (χ1) is 10.4. The van der Waals surface area contributed by atoms with Gasteiger partial charge in [-0.15, -0.1) is 11.8 Å². The van der Waals surface area contributed by atoms with E-state index in [2.05, 4.69) is 5.32 Å². The van der Waals surface area contributed by atoms with Gasteiger partial charge in [0.05, 0.1) is 10.8 Å². The Morgan fingerprint density at radius 1 is 1.36 bits per heavy atom. The summed E-state index contributed by atoms with van der Waals surface area (Å²) in [5, 5.41) is 2.72. The molecule has 2 atom stereocenters. The third-order valence-corrected chi connectivity index (χ3v) is 6.15. The Bertz CT molecular complexity index is 634. The van der Waals surface area contributed by atoms with E-state index in [1.807, 2.05) is 6.26 Å². The maximum atomic E-state index is 13.0. The molecular formula is C14H19FN2O3S2. The number of nitrogens with zero attached hydrogens (tertiary/aromatic N) is 1. The molecule has 2 rings (SSSR count). The number of halogens is 1. The van der Waals surface area contributed by atoms with Crippen LogP contribution in [0.2, 0.25) is 0 Å². The molecule has 1 fully saturated rings. The van der Waals surface area contributed by atoms with Crippen molar-refractivity contribution in [1.29, 1.82) is 0 Å². The molecule has 0 radical (unpaired) electrons. The molecular weight excluding hydrogens is 327 g/mol. The van der Waals surface area contributed by atoms with Gasteiger partial charge in [-0.1, -0.05) is 0 Å². The van der Waals surface area contributed by atoms with Crippen LogP contribution in [0.4, 0.5) is 4.39 Å².